The number of piperazine rings is 1. The number of ether oxygens (including phenoxy) is 1. The summed E-state index contributed by atoms with van der Waals surface area (Å²) in [5, 5.41) is 19.8. The standard InChI is InChI=1S/C21H20N2O6/c1-22-6-8-23(9-7-22)21(27)29-15-10-17(25)19-18(11-15)28-12-16(20(19)26)13-2-4-14(24)5-3-13/h2-5,10-12,24-25H,6-9H2,1H3. The number of aromatic hydroxyl groups is 2. The monoisotopic (exact) mass is 396 g/mol. The van der Waals surface area contributed by atoms with Crippen LogP contribution in [0.25, 0.3) is 22.1 Å². The molecule has 3 aromatic rings. The maximum Gasteiger partial charge on any atom is 0.415 e. The Bertz CT molecular complexity index is 1110. The molecule has 1 fully saturated rings. The molecule has 0 aliphatic carbocycles. The lowest BCUT2D eigenvalue weighted by Crippen LogP contribution is -2.48. The van der Waals surface area contributed by atoms with Gasteiger partial charge in [-0.1, -0.05) is 12.1 Å². The van der Waals surface area contributed by atoms with E-state index in [0.29, 0.717) is 18.7 Å². The molecule has 0 atom stereocenters. The molecule has 1 amide bonds. The molecule has 0 radical (unpaired) electrons. The zero-order valence-electron chi connectivity index (χ0n) is 15.8. The Kier molecular flexibility index (Phi) is 4.85. The molecule has 1 aromatic heterocycles. The second-order valence-corrected chi connectivity index (χ2v) is 7.00. The number of phenolic OH excluding ortho intramolecular Hbond substituents is 2. The van der Waals surface area contributed by atoms with Crippen molar-refractivity contribution >= 4 is 17.1 Å². The van der Waals surface area contributed by atoms with Crippen molar-refractivity contribution in [3.63, 3.8) is 0 Å². The molecule has 2 N–H and O–H groups in total. The maximum absolute atomic E-state index is 12.8. The number of nitrogens with zero attached hydrogens (tertiary/aromatic N) is 2. The van der Waals surface area contributed by atoms with Crippen molar-refractivity contribution in [2.24, 2.45) is 0 Å². The Balaban J connectivity index is 1.64. The first-order valence-corrected chi connectivity index (χ1v) is 9.15. The first-order chi connectivity index (χ1) is 13.9. The molecule has 29 heavy (non-hydrogen) atoms. The minimum absolute atomic E-state index is 0.00466. The van der Waals surface area contributed by atoms with Gasteiger partial charge in [0.25, 0.3) is 0 Å². The third-order valence-corrected chi connectivity index (χ3v) is 4.98. The molecule has 2 heterocycles. The topological polar surface area (TPSA) is 103 Å². The summed E-state index contributed by atoms with van der Waals surface area (Å²) in [6.45, 7) is 2.62. The predicted octanol–water partition coefficient (Wildman–Crippen LogP) is 2.62. The first kappa shape index (κ1) is 18.8. The molecule has 150 valence electrons. The van der Waals surface area contributed by atoms with Gasteiger partial charge >= 0.3 is 6.09 Å². The summed E-state index contributed by atoms with van der Waals surface area (Å²) in [4.78, 5) is 28.9. The minimum Gasteiger partial charge on any atom is -0.508 e. The quantitative estimate of drug-likeness (QED) is 0.686. The smallest absolute Gasteiger partial charge is 0.415 e. The lowest BCUT2D eigenvalue weighted by atomic mass is 10.0. The summed E-state index contributed by atoms with van der Waals surface area (Å²) in [5.41, 5.74) is 0.475. The zero-order valence-corrected chi connectivity index (χ0v) is 15.8. The van der Waals surface area contributed by atoms with Gasteiger partial charge in [-0.15, -0.1) is 0 Å². The van der Waals surface area contributed by atoms with Crippen LogP contribution < -0.4 is 10.2 Å². The summed E-state index contributed by atoms with van der Waals surface area (Å²) < 4.78 is 10.9. The Morgan fingerprint density at radius 2 is 1.76 bits per heavy atom. The highest BCUT2D eigenvalue weighted by atomic mass is 16.6. The first-order valence-electron chi connectivity index (χ1n) is 9.15. The van der Waals surface area contributed by atoms with Gasteiger partial charge in [-0.05, 0) is 24.7 Å². The predicted molar refractivity (Wildman–Crippen MR) is 106 cm³/mol. The second kappa shape index (κ2) is 7.48. The van der Waals surface area contributed by atoms with E-state index in [1.54, 1.807) is 17.0 Å². The molecule has 8 nitrogen and oxygen atoms in total. The molecular formula is C21H20N2O6. The van der Waals surface area contributed by atoms with E-state index in [2.05, 4.69) is 4.90 Å². The van der Waals surface area contributed by atoms with Crippen LogP contribution in [-0.4, -0.2) is 59.3 Å². The summed E-state index contributed by atoms with van der Waals surface area (Å²) in [5.74, 6) is -0.161. The van der Waals surface area contributed by atoms with Crippen LogP contribution in [-0.2, 0) is 0 Å². The van der Waals surface area contributed by atoms with Gasteiger partial charge in [0.05, 0.1) is 5.56 Å². The number of rotatable bonds is 2. The van der Waals surface area contributed by atoms with Gasteiger partial charge in [-0.2, -0.15) is 0 Å². The number of hydrogen-bond acceptors (Lipinski definition) is 7. The van der Waals surface area contributed by atoms with Crippen molar-refractivity contribution in [1.82, 2.24) is 9.80 Å². The molecule has 1 aliphatic heterocycles. The lowest BCUT2D eigenvalue weighted by molar-refractivity contribution is 0.120. The highest BCUT2D eigenvalue weighted by Crippen LogP contribution is 2.31. The molecular weight excluding hydrogens is 376 g/mol. The van der Waals surface area contributed by atoms with Crippen LogP contribution in [0.15, 0.2) is 51.9 Å². The molecule has 1 saturated heterocycles. The molecule has 2 aromatic carbocycles. The van der Waals surface area contributed by atoms with Crippen LogP contribution in [0.3, 0.4) is 0 Å². The number of benzene rings is 2. The summed E-state index contributed by atoms with van der Waals surface area (Å²) in [6.07, 6.45) is 0.766. The molecule has 1 aliphatic rings. The summed E-state index contributed by atoms with van der Waals surface area (Å²) in [6, 6.07) is 8.71. The van der Waals surface area contributed by atoms with E-state index in [9.17, 15) is 19.8 Å². The van der Waals surface area contributed by atoms with E-state index in [0.717, 1.165) is 13.1 Å². The van der Waals surface area contributed by atoms with Gasteiger partial charge in [0.1, 0.15) is 34.5 Å². The normalized spacial score (nSPS) is 14.9. The molecule has 0 saturated carbocycles. The van der Waals surface area contributed by atoms with Gasteiger partial charge in [0.15, 0.2) is 0 Å². The van der Waals surface area contributed by atoms with E-state index in [1.165, 1.54) is 30.5 Å². The molecule has 0 bridgehead atoms. The van der Waals surface area contributed by atoms with Crippen molar-refractivity contribution in [3.8, 4) is 28.4 Å². The van der Waals surface area contributed by atoms with E-state index in [4.69, 9.17) is 9.15 Å². The SMILES string of the molecule is CN1CCN(C(=O)Oc2cc(O)c3c(=O)c(-c4ccc(O)cc4)coc3c2)CC1. The average molecular weight is 396 g/mol. The van der Waals surface area contributed by atoms with Gasteiger partial charge in [0, 0.05) is 38.3 Å². The number of phenols is 2. The van der Waals surface area contributed by atoms with E-state index in [1.807, 2.05) is 7.05 Å². The third kappa shape index (κ3) is 3.74. The number of carbonyl (C=O) groups excluding carboxylic acids is 1. The number of carbonyl (C=O) groups is 1. The highest BCUT2D eigenvalue weighted by molar-refractivity contribution is 5.88. The van der Waals surface area contributed by atoms with E-state index >= 15 is 0 Å². The minimum atomic E-state index is -0.514. The second-order valence-electron chi connectivity index (χ2n) is 7.00. The Hall–Kier alpha value is -3.52. The summed E-state index contributed by atoms with van der Waals surface area (Å²) >= 11 is 0. The van der Waals surface area contributed by atoms with Crippen LogP contribution in [0.2, 0.25) is 0 Å². The largest absolute Gasteiger partial charge is 0.508 e. The van der Waals surface area contributed by atoms with E-state index in [-0.39, 0.29) is 33.8 Å². The fraction of sp³-hybridized carbons (Fsp3) is 0.238. The molecule has 0 unspecified atom stereocenters. The number of amides is 1. The number of likely N-dealkylation sites (N-methyl/N-ethyl adjacent to an activating group) is 1. The van der Waals surface area contributed by atoms with Crippen molar-refractivity contribution in [2.45, 2.75) is 0 Å². The third-order valence-electron chi connectivity index (χ3n) is 4.98. The van der Waals surface area contributed by atoms with Crippen LogP contribution in [0, 0.1) is 0 Å². The van der Waals surface area contributed by atoms with Crippen molar-refractivity contribution in [2.75, 3.05) is 33.2 Å². The molecule has 4 rings (SSSR count). The van der Waals surface area contributed by atoms with Crippen molar-refractivity contribution < 1.29 is 24.2 Å². The molecule has 0 spiro atoms. The maximum atomic E-state index is 12.8. The number of hydrogen-bond donors (Lipinski definition) is 2. The average Bonchev–Trinajstić information content (AvgIpc) is 2.69. The number of fused-ring (bicyclic) bond motifs is 1. The van der Waals surface area contributed by atoms with Crippen LogP contribution in [0.1, 0.15) is 0 Å². The zero-order chi connectivity index (χ0) is 20.5. The Labute approximate surface area is 166 Å². The van der Waals surface area contributed by atoms with Crippen LogP contribution in [0.4, 0.5) is 4.79 Å². The fourth-order valence-electron chi connectivity index (χ4n) is 3.26. The fourth-order valence-corrected chi connectivity index (χ4v) is 3.26. The van der Waals surface area contributed by atoms with Gasteiger partial charge in [0.2, 0.25) is 5.43 Å². The van der Waals surface area contributed by atoms with Crippen LogP contribution in [0.5, 0.6) is 17.2 Å². The Morgan fingerprint density at radius 3 is 2.45 bits per heavy atom. The molecule has 8 heteroatoms. The highest BCUT2D eigenvalue weighted by Gasteiger charge is 2.22. The lowest BCUT2D eigenvalue weighted by Gasteiger charge is -2.31. The summed E-state index contributed by atoms with van der Waals surface area (Å²) in [7, 11) is 1.98. The van der Waals surface area contributed by atoms with Crippen LogP contribution >= 0.6 is 0 Å². The Morgan fingerprint density at radius 1 is 1.07 bits per heavy atom. The van der Waals surface area contributed by atoms with Gasteiger partial charge < -0.3 is 29.2 Å². The van der Waals surface area contributed by atoms with Crippen molar-refractivity contribution in [3.05, 3.63) is 52.9 Å². The van der Waals surface area contributed by atoms with Gasteiger partial charge in [-0.3, -0.25) is 4.79 Å². The van der Waals surface area contributed by atoms with E-state index < -0.39 is 11.5 Å². The van der Waals surface area contributed by atoms with Gasteiger partial charge in [-0.25, -0.2) is 4.79 Å². The van der Waals surface area contributed by atoms with Crippen molar-refractivity contribution in [1.29, 1.82) is 0 Å².